The molecule has 1 heterocycles. The summed E-state index contributed by atoms with van der Waals surface area (Å²) in [5.41, 5.74) is 0. The van der Waals surface area contributed by atoms with Crippen LogP contribution in [0.2, 0.25) is 0 Å². The van der Waals surface area contributed by atoms with Crippen molar-refractivity contribution in [2.75, 3.05) is 37.9 Å². The van der Waals surface area contributed by atoms with Crippen molar-refractivity contribution < 1.29 is 17.3 Å². The van der Waals surface area contributed by atoms with E-state index in [0.717, 1.165) is 0 Å². The topological polar surface area (TPSA) is 41.6 Å². The van der Waals surface area contributed by atoms with Crippen LogP contribution in [-0.4, -0.2) is 42.6 Å². The van der Waals surface area contributed by atoms with Gasteiger partial charge in [-0.1, -0.05) is 0 Å². The molecule has 0 aliphatic carbocycles. The van der Waals surface area contributed by atoms with Crippen LogP contribution >= 0.6 is 30.9 Å². The number of nitrogens with one attached hydrogen (secondary N) is 1. The Kier molecular flexibility index (Phi) is 2.90. The maximum atomic E-state index is 12.7. The van der Waals surface area contributed by atoms with Crippen molar-refractivity contribution in [3.63, 3.8) is 0 Å². The molecule has 84 valence electrons. The Bertz CT molecular complexity index is 413. The number of alkyl halides is 2. The first-order chi connectivity index (χ1) is 8.92. The fourth-order valence-corrected chi connectivity index (χ4v) is 2.80. The second-order valence-electron chi connectivity index (χ2n) is 2.31. The van der Waals surface area contributed by atoms with Gasteiger partial charge in [0.15, 0.2) is 0 Å². The minimum absolute atomic E-state index is 0.0820. The lowest BCUT2D eigenvalue weighted by molar-refractivity contribution is 0.233. The zero-order chi connectivity index (χ0) is 15.8. The van der Waals surface area contributed by atoms with E-state index in [1.54, 1.807) is 0 Å². The molecule has 1 N–H and O–H groups in total. The fourth-order valence-electron chi connectivity index (χ4n) is 0.881. The van der Waals surface area contributed by atoms with Crippen molar-refractivity contribution in [1.82, 2.24) is 9.76 Å². The van der Waals surface area contributed by atoms with Crippen LogP contribution in [-0.2, 0) is 9.09 Å². The highest BCUT2D eigenvalue weighted by atomic mass is 35.5. The highest BCUT2D eigenvalue weighted by Crippen LogP contribution is 2.47. The van der Waals surface area contributed by atoms with Crippen molar-refractivity contribution >= 4 is 30.9 Å². The molecule has 0 bridgehead atoms. The van der Waals surface area contributed by atoms with Gasteiger partial charge in [-0.2, -0.15) is 0 Å². The van der Waals surface area contributed by atoms with E-state index in [1.807, 2.05) is 5.09 Å². The second kappa shape index (κ2) is 6.31. The van der Waals surface area contributed by atoms with E-state index < -0.39 is 39.5 Å². The van der Waals surface area contributed by atoms with Gasteiger partial charge < -0.3 is 4.52 Å². The summed E-state index contributed by atoms with van der Waals surface area (Å²) in [5, 5.41) is 1.95. The second-order valence-corrected chi connectivity index (χ2v) is 4.96. The fraction of sp³-hybridized carbons (Fsp3) is 1.00. The van der Waals surface area contributed by atoms with Crippen LogP contribution in [0.5, 0.6) is 0 Å². The van der Waals surface area contributed by atoms with E-state index >= 15 is 0 Å². The van der Waals surface area contributed by atoms with Gasteiger partial charge in [0, 0.05) is 39.5 Å². The lowest BCUT2D eigenvalue weighted by atomic mass is 10.5. The SMILES string of the molecule is [2H]C([2H])(CCl)N(CCCl)P1(=O)NC([2H])([2H])C([2H])([2H])CO1. The van der Waals surface area contributed by atoms with Gasteiger partial charge in [-0.25, -0.2) is 9.76 Å². The number of rotatable bonds is 5. The van der Waals surface area contributed by atoms with Gasteiger partial charge in [-0.3, -0.25) is 4.57 Å². The molecule has 0 aromatic heterocycles. The summed E-state index contributed by atoms with van der Waals surface area (Å²) in [6, 6.07) is 0. The third kappa shape index (κ3) is 3.37. The van der Waals surface area contributed by atoms with Gasteiger partial charge in [0.05, 0.1) is 6.61 Å². The molecule has 14 heavy (non-hydrogen) atoms. The first-order valence-electron chi connectivity index (χ1n) is 6.86. The Morgan fingerprint density at radius 3 is 3.00 bits per heavy atom. The highest BCUT2D eigenvalue weighted by Gasteiger charge is 2.32. The largest absolute Gasteiger partial charge is 0.343 e. The van der Waals surface area contributed by atoms with Crippen molar-refractivity contribution in [1.29, 1.82) is 0 Å². The number of hydrogen-bond donors (Lipinski definition) is 1. The molecule has 0 saturated carbocycles. The average molecular weight is 267 g/mol. The monoisotopic (exact) mass is 266 g/mol. The molecule has 1 fully saturated rings. The summed E-state index contributed by atoms with van der Waals surface area (Å²) in [6.45, 7) is -5.88. The maximum absolute atomic E-state index is 12.7. The lowest BCUT2D eigenvalue weighted by Crippen LogP contribution is -2.35. The Morgan fingerprint density at radius 1 is 1.64 bits per heavy atom. The van der Waals surface area contributed by atoms with Crippen LogP contribution in [0.4, 0.5) is 0 Å². The summed E-state index contributed by atoms with van der Waals surface area (Å²) in [4.78, 5) is 0. The summed E-state index contributed by atoms with van der Waals surface area (Å²) >= 11 is 11.0. The van der Waals surface area contributed by atoms with Crippen molar-refractivity contribution in [3.8, 4) is 0 Å². The van der Waals surface area contributed by atoms with Gasteiger partial charge in [-0.05, 0) is 6.37 Å². The van der Waals surface area contributed by atoms with Crippen molar-refractivity contribution in [2.45, 2.75) is 6.37 Å². The van der Waals surface area contributed by atoms with E-state index in [0.29, 0.717) is 4.67 Å². The van der Waals surface area contributed by atoms with Crippen LogP contribution in [0.15, 0.2) is 0 Å². The zero-order valence-electron chi connectivity index (χ0n) is 13.3. The molecule has 0 amide bonds. The zero-order valence-corrected chi connectivity index (χ0v) is 9.70. The summed E-state index contributed by atoms with van der Waals surface area (Å²) in [6.07, 6.45) is -2.40. The molecule has 1 aliphatic rings. The smallest absolute Gasteiger partial charge is 0.306 e. The third-order valence-corrected chi connectivity index (χ3v) is 3.59. The normalized spacial score (nSPS) is 42.8. The van der Waals surface area contributed by atoms with E-state index in [2.05, 4.69) is 0 Å². The molecule has 1 rings (SSSR count). The maximum Gasteiger partial charge on any atom is 0.343 e. The van der Waals surface area contributed by atoms with E-state index in [4.69, 9.17) is 36.0 Å². The Labute approximate surface area is 103 Å². The molecule has 1 atom stereocenters. The van der Waals surface area contributed by atoms with Crippen LogP contribution in [0, 0.1) is 0 Å². The number of hydrogen-bond acceptors (Lipinski definition) is 2. The summed E-state index contributed by atoms with van der Waals surface area (Å²) in [5.74, 6) is -0.615. The number of halogens is 2. The summed E-state index contributed by atoms with van der Waals surface area (Å²) in [7, 11) is -4.16. The van der Waals surface area contributed by atoms with Crippen LogP contribution in [0.25, 0.3) is 0 Å². The quantitative estimate of drug-likeness (QED) is 0.610. The van der Waals surface area contributed by atoms with E-state index in [1.165, 1.54) is 0 Å². The van der Waals surface area contributed by atoms with Crippen molar-refractivity contribution in [2.24, 2.45) is 0 Å². The molecule has 0 aromatic carbocycles. The van der Waals surface area contributed by atoms with Gasteiger partial charge in [0.2, 0.25) is 0 Å². The van der Waals surface area contributed by atoms with Gasteiger partial charge >= 0.3 is 7.67 Å². The molecule has 0 aromatic rings. The molecular weight excluding hydrogens is 246 g/mol. The Hall–Kier alpha value is 0.690. The molecule has 7 heteroatoms. The molecule has 1 aliphatic heterocycles. The third-order valence-electron chi connectivity index (χ3n) is 1.45. The molecule has 4 nitrogen and oxygen atoms in total. The van der Waals surface area contributed by atoms with Crippen molar-refractivity contribution in [3.05, 3.63) is 0 Å². The van der Waals surface area contributed by atoms with Crippen LogP contribution < -0.4 is 5.09 Å². The molecular formula is C7H15Cl2N2O2P. The predicted octanol–water partition coefficient (Wildman–Crippen LogP) is 1.88. The minimum atomic E-state index is -4.16. The Morgan fingerprint density at radius 2 is 2.43 bits per heavy atom. The highest BCUT2D eigenvalue weighted by molar-refractivity contribution is 7.54. The average Bonchev–Trinajstić information content (AvgIpc) is 2.31. The van der Waals surface area contributed by atoms with Gasteiger partial charge in [0.1, 0.15) is 0 Å². The van der Waals surface area contributed by atoms with E-state index in [9.17, 15) is 4.57 Å². The standard InChI is InChI=1S/C7H15Cl2N2O2P/c8-2-5-11(6-3-9)14(12)10-4-1-7-13-14/h1-7H2,(H,10,12)/i1D2,4D2,5D2. The molecule has 1 unspecified atom stereocenters. The number of nitrogens with zero attached hydrogens (tertiary/aromatic N) is 1. The predicted molar refractivity (Wildman–Crippen MR) is 59.2 cm³/mol. The lowest BCUT2D eigenvalue weighted by Gasteiger charge is -2.33. The van der Waals surface area contributed by atoms with Gasteiger partial charge in [0.25, 0.3) is 0 Å². The van der Waals surface area contributed by atoms with Crippen LogP contribution in [0.3, 0.4) is 0 Å². The Balaban J connectivity index is 3.12. The minimum Gasteiger partial charge on any atom is -0.306 e. The first-order valence-corrected chi connectivity index (χ1v) is 6.51. The van der Waals surface area contributed by atoms with Gasteiger partial charge in [-0.15, -0.1) is 23.2 Å². The van der Waals surface area contributed by atoms with Crippen LogP contribution in [0.1, 0.15) is 14.6 Å². The first kappa shape index (κ1) is 6.43. The molecule has 1 saturated heterocycles. The van der Waals surface area contributed by atoms with E-state index in [-0.39, 0.29) is 12.4 Å². The molecule has 0 radical (unpaired) electrons. The summed E-state index contributed by atoms with van der Waals surface area (Å²) < 4.78 is 63.8. The molecule has 0 spiro atoms.